The Kier molecular flexibility index (Phi) is 5.53. The maximum atomic E-state index is 4.73. The second kappa shape index (κ2) is 5.96. The van der Waals surface area contributed by atoms with Crippen LogP contribution in [0.25, 0.3) is 0 Å². The van der Waals surface area contributed by atoms with E-state index in [1.165, 1.54) is 0 Å². The van der Waals surface area contributed by atoms with Gasteiger partial charge in [0.05, 0.1) is 13.4 Å². The van der Waals surface area contributed by atoms with Crippen molar-refractivity contribution in [2.24, 2.45) is 5.92 Å². The number of rotatable bonds is 4. The minimum absolute atomic E-state index is 0.511. The summed E-state index contributed by atoms with van der Waals surface area (Å²) in [5, 5.41) is 0. The Balaban J connectivity index is 3.64. The van der Waals surface area contributed by atoms with Gasteiger partial charge in [0.15, 0.2) is 6.21 Å². The third kappa shape index (κ3) is 5.64. The summed E-state index contributed by atoms with van der Waals surface area (Å²) in [6.07, 6.45) is 5.38. The molecule has 0 aromatic rings. The van der Waals surface area contributed by atoms with Gasteiger partial charge < -0.3 is 4.74 Å². The van der Waals surface area contributed by atoms with Crippen LogP contribution in [0, 0.1) is 5.92 Å². The van der Waals surface area contributed by atoms with Crippen molar-refractivity contribution in [1.82, 2.24) is 0 Å². The number of nitrogens with one attached hydrogen (secondary N) is 1. The summed E-state index contributed by atoms with van der Waals surface area (Å²) in [5.41, 5.74) is 0. The van der Waals surface area contributed by atoms with E-state index in [2.05, 4.69) is 25.8 Å². The molecule has 2 nitrogen and oxygen atoms in total. The summed E-state index contributed by atoms with van der Waals surface area (Å²) >= 11 is 0. The number of hydrogen-bond donors (Lipinski definition) is 1. The van der Waals surface area contributed by atoms with Gasteiger partial charge in [-0.1, -0.05) is 13.8 Å². The molecule has 11 heavy (non-hydrogen) atoms. The number of allylic oxidation sites excluding steroid dienone is 1. The van der Waals surface area contributed by atoms with Gasteiger partial charge in [0.2, 0.25) is 0 Å². The van der Waals surface area contributed by atoms with E-state index in [0.29, 0.717) is 12.0 Å². The topological polar surface area (TPSA) is 23.2 Å². The van der Waals surface area contributed by atoms with Crippen molar-refractivity contribution in [2.45, 2.75) is 26.8 Å². The fraction of sp³-hybridized carbons (Fsp3) is 0.667. The van der Waals surface area contributed by atoms with Crippen molar-refractivity contribution >= 4 is 6.21 Å². The van der Waals surface area contributed by atoms with Crippen molar-refractivity contribution in [3.05, 3.63) is 12.3 Å². The highest BCUT2D eigenvalue weighted by Crippen LogP contribution is 1.92. The van der Waals surface area contributed by atoms with Gasteiger partial charge in [-0.15, -0.1) is 0 Å². The van der Waals surface area contributed by atoms with E-state index >= 15 is 0 Å². The minimum Gasteiger partial charge on any atom is -0.504 e. The molecule has 0 aromatic carbocycles. The molecular formula is C9H18NO+. The predicted octanol–water partition coefficient (Wildman–Crippen LogP) is 0.342. The van der Waals surface area contributed by atoms with Crippen LogP contribution in [0.4, 0.5) is 0 Å². The van der Waals surface area contributed by atoms with Gasteiger partial charge in [-0.05, 0) is 6.92 Å². The van der Waals surface area contributed by atoms with Gasteiger partial charge in [-0.2, -0.15) is 0 Å². The third-order valence-electron chi connectivity index (χ3n) is 1.67. The Morgan fingerprint density at radius 3 is 2.36 bits per heavy atom. The zero-order valence-electron chi connectivity index (χ0n) is 7.79. The molecule has 0 saturated carbocycles. The Morgan fingerprint density at radius 1 is 1.27 bits per heavy atom. The average molecular weight is 156 g/mol. The first-order valence-electron chi connectivity index (χ1n) is 3.95. The molecule has 0 saturated heterocycles. The van der Waals surface area contributed by atoms with E-state index in [-0.39, 0.29) is 0 Å². The zero-order chi connectivity index (χ0) is 8.69. The van der Waals surface area contributed by atoms with Crippen LogP contribution in [-0.4, -0.2) is 19.4 Å². The summed E-state index contributed by atoms with van der Waals surface area (Å²) < 4.78 is 4.73. The molecule has 1 unspecified atom stereocenters. The molecule has 0 aliphatic heterocycles. The van der Waals surface area contributed by atoms with Crippen molar-refractivity contribution in [3.8, 4) is 0 Å². The van der Waals surface area contributed by atoms with E-state index in [1.54, 1.807) is 13.4 Å². The lowest BCUT2D eigenvalue weighted by atomic mass is 10.1. The van der Waals surface area contributed by atoms with Crippen molar-refractivity contribution in [1.29, 1.82) is 0 Å². The maximum absolute atomic E-state index is 4.73. The summed E-state index contributed by atoms with van der Waals surface area (Å²) in [6, 6.07) is 0.511. The molecular weight excluding hydrogens is 138 g/mol. The van der Waals surface area contributed by atoms with Crippen LogP contribution in [-0.2, 0) is 4.74 Å². The lowest BCUT2D eigenvalue weighted by molar-refractivity contribution is -0.501. The van der Waals surface area contributed by atoms with Crippen LogP contribution in [0.15, 0.2) is 12.3 Å². The van der Waals surface area contributed by atoms with Gasteiger partial charge >= 0.3 is 0 Å². The van der Waals surface area contributed by atoms with E-state index < -0.39 is 0 Å². The first-order chi connectivity index (χ1) is 5.18. The molecule has 0 radical (unpaired) electrons. The second-order valence-corrected chi connectivity index (χ2v) is 2.93. The highest BCUT2D eigenvalue weighted by Gasteiger charge is 2.06. The fourth-order valence-electron chi connectivity index (χ4n) is 0.518. The first-order valence-corrected chi connectivity index (χ1v) is 3.95. The lowest BCUT2D eigenvalue weighted by Crippen LogP contribution is -2.76. The smallest absolute Gasteiger partial charge is 0.165 e. The number of methoxy groups -OCH3 is 1. The molecule has 1 atom stereocenters. The molecule has 0 rings (SSSR count). The molecule has 0 bridgehead atoms. The summed E-state index contributed by atoms with van der Waals surface area (Å²) in [5.74, 6) is 0.655. The molecule has 0 amide bonds. The van der Waals surface area contributed by atoms with Crippen LogP contribution in [0.3, 0.4) is 0 Å². The third-order valence-corrected chi connectivity index (χ3v) is 1.67. The molecule has 0 aliphatic carbocycles. The number of ether oxygens (including phenoxy) is 1. The number of hydrogen-bond acceptors (Lipinski definition) is 1. The van der Waals surface area contributed by atoms with Crippen LogP contribution in [0.5, 0.6) is 0 Å². The van der Waals surface area contributed by atoms with Crippen LogP contribution in [0.1, 0.15) is 20.8 Å². The first kappa shape index (κ1) is 10.2. The second-order valence-electron chi connectivity index (χ2n) is 2.93. The summed E-state index contributed by atoms with van der Waals surface area (Å²) in [4.78, 5) is 3.23. The molecule has 0 fully saturated rings. The standard InChI is InChI=1S/C9H17NO/c1-8(2)9(3)10-6-5-7-11-4/h5-9H,1-4H3/p+1/b7-5+,10-6?. The Labute approximate surface area is 69.0 Å². The van der Waals surface area contributed by atoms with Gasteiger partial charge in [-0.25, -0.2) is 4.99 Å². The monoisotopic (exact) mass is 156 g/mol. The van der Waals surface area contributed by atoms with Gasteiger partial charge in [0.25, 0.3) is 0 Å². The Morgan fingerprint density at radius 2 is 1.91 bits per heavy atom. The maximum Gasteiger partial charge on any atom is 0.165 e. The van der Waals surface area contributed by atoms with Crippen molar-refractivity contribution in [3.63, 3.8) is 0 Å². The summed E-state index contributed by atoms with van der Waals surface area (Å²) in [7, 11) is 1.64. The largest absolute Gasteiger partial charge is 0.504 e. The normalized spacial score (nSPS) is 15.0. The van der Waals surface area contributed by atoms with E-state index in [0.717, 1.165) is 0 Å². The lowest BCUT2D eigenvalue weighted by Gasteiger charge is -2.02. The van der Waals surface area contributed by atoms with E-state index in [1.807, 2.05) is 12.3 Å². The summed E-state index contributed by atoms with van der Waals surface area (Å²) in [6.45, 7) is 6.53. The van der Waals surface area contributed by atoms with Gasteiger partial charge in [0, 0.05) is 12.0 Å². The minimum atomic E-state index is 0.511. The molecule has 0 aromatic heterocycles. The quantitative estimate of drug-likeness (QED) is 0.460. The van der Waals surface area contributed by atoms with Crippen molar-refractivity contribution in [2.75, 3.05) is 7.11 Å². The van der Waals surface area contributed by atoms with Crippen LogP contribution >= 0.6 is 0 Å². The van der Waals surface area contributed by atoms with E-state index in [9.17, 15) is 0 Å². The highest BCUT2D eigenvalue weighted by molar-refractivity contribution is 5.64. The van der Waals surface area contributed by atoms with E-state index in [4.69, 9.17) is 4.74 Å². The zero-order valence-corrected chi connectivity index (χ0v) is 7.79. The Hall–Kier alpha value is -0.790. The predicted molar refractivity (Wildman–Crippen MR) is 47.5 cm³/mol. The van der Waals surface area contributed by atoms with Crippen LogP contribution < -0.4 is 4.99 Å². The highest BCUT2D eigenvalue weighted by atomic mass is 16.5. The molecule has 2 heteroatoms. The SMILES string of the molecule is CO/C=C/C=[NH+]C(C)C(C)C. The fourth-order valence-corrected chi connectivity index (χ4v) is 0.518. The van der Waals surface area contributed by atoms with Gasteiger partial charge in [-0.3, -0.25) is 0 Å². The Bertz CT molecular complexity index is 138. The molecule has 1 N–H and O–H groups in total. The molecule has 0 spiro atoms. The van der Waals surface area contributed by atoms with Crippen LogP contribution in [0.2, 0.25) is 0 Å². The molecule has 64 valence electrons. The van der Waals surface area contributed by atoms with Crippen molar-refractivity contribution < 1.29 is 9.73 Å². The average Bonchev–Trinajstić information content (AvgIpc) is 1.97. The molecule has 0 aliphatic rings. The van der Waals surface area contributed by atoms with Gasteiger partial charge in [0.1, 0.15) is 6.04 Å². The molecule has 0 heterocycles.